The van der Waals surface area contributed by atoms with Crippen LogP contribution in [-0.2, 0) is 16.1 Å². The van der Waals surface area contributed by atoms with E-state index >= 15 is 4.79 Å². The number of phenolic OH excluding ortho intramolecular Hbond substituents is 1. The molecule has 3 aromatic rings. The number of fused-ring (bicyclic) bond motifs is 7. The van der Waals surface area contributed by atoms with E-state index in [0.717, 1.165) is 65.6 Å². The van der Waals surface area contributed by atoms with Crippen molar-refractivity contribution in [3.05, 3.63) is 59.2 Å². The van der Waals surface area contributed by atoms with Gasteiger partial charge in [-0.2, -0.15) is 0 Å². The van der Waals surface area contributed by atoms with E-state index < -0.39 is 5.41 Å². The molecular formula is C43H49N3O4. The van der Waals surface area contributed by atoms with E-state index in [9.17, 15) is 14.7 Å². The summed E-state index contributed by atoms with van der Waals surface area (Å²) >= 11 is 0. The Kier molecular flexibility index (Phi) is 6.27. The van der Waals surface area contributed by atoms with Gasteiger partial charge in [0.05, 0.1) is 12.2 Å². The third-order valence-corrected chi connectivity index (χ3v) is 15.5. The van der Waals surface area contributed by atoms with Gasteiger partial charge in [-0.05, 0) is 103 Å². The summed E-state index contributed by atoms with van der Waals surface area (Å²) in [6.07, 6.45) is 14.0. The van der Waals surface area contributed by atoms with Crippen LogP contribution >= 0.6 is 0 Å². The van der Waals surface area contributed by atoms with Crippen LogP contribution in [0.5, 0.6) is 5.75 Å². The Morgan fingerprint density at radius 1 is 0.960 bits per heavy atom. The Balaban J connectivity index is 1.08. The van der Waals surface area contributed by atoms with E-state index in [0.29, 0.717) is 40.2 Å². The number of benzene rings is 2. The molecule has 3 heterocycles. The molecular weight excluding hydrogens is 622 g/mol. The van der Waals surface area contributed by atoms with Gasteiger partial charge in [0.1, 0.15) is 11.2 Å². The van der Waals surface area contributed by atoms with E-state index in [-0.39, 0.29) is 35.8 Å². The van der Waals surface area contributed by atoms with E-state index in [1.807, 2.05) is 38.1 Å². The lowest BCUT2D eigenvalue weighted by Gasteiger charge is -2.44. The number of hydrogen-bond acceptors (Lipinski definition) is 4. The minimum absolute atomic E-state index is 0.0198. The molecule has 2 aromatic carbocycles. The van der Waals surface area contributed by atoms with Gasteiger partial charge in [-0.1, -0.05) is 58.6 Å². The molecule has 5 aliphatic carbocycles. The Morgan fingerprint density at radius 2 is 1.76 bits per heavy atom. The largest absolute Gasteiger partial charge is 0.508 e. The van der Waals surface area contributed by atoms with Gasteiger partial charge in [-0.25, -0.2) is 0 Å². The zero-order chi connectivity index (χ0) is 34.4. The van der Waals surface area contributed by atoms with Crippen LogP contribution in [0.1, 0.15) is 112 Å². The van der Waals surface area contributed by atoms with Crippen LogP contribution in [0.2, 0.25) is 0 Å². The predicted molar refractivity (Wildman–Crippen MR) is 194 cm³/mol. The normalized spacial score (nSPS) is 33.5. The summed E-state index contributed by atoms with van der Waals surface area (Å²) in [6, 6.07) is 11.7. The highest BCUT2D eigenvalue weighted by atomic mass is 16.3. The van der Waals surface area contributed by atoms with Crippen molar-refractivity contribution in [2.45, 2.75) is 97.4 Å². The minimum atomic E-state index is -0.775. The average molecular weight is 672 g/mol. The van der Waals surface area contributed by atoms with Gasteiger partial charge in [0.2, 0.25) is 5.91 Å². The minimum Gasteiger partial charge on any atom is -0.508 e. The number of carbonyl (C=O) groups excluding carboxylic acids is 3. The van der Waals surface area contributed by atoms with Gasteiger partial charge in [-0.15, -0.1) is 0 Å². The SMILES string of the molecule is CCC(C)C(=O)CNC(=O)c1ccc2c(C3CCCCC3)c3n(c2c1)CC1(C(=O)N2CC45CCCC46CC(C)C65C2)C=C1c1cc(O)ccc1-3. The summed E-state index contributed by atoms with van der Waals surface area (Å²) in [5, 5.41) is 14.9. The quantitative estimate of drug-likeness (QED) is 0.268. The second-order valence-corrected chi connectivity index (χ2v) is 17.4. The Morgan fingerprint density at radius 3 is 2.52 bits per heavy atom. The molecule has 2 aliphatic heterocycles. The van der Waals surface area contributed by atoms with E-state index in [1.54, 1.807) is 6.07 Å². The number of aromatic hydroxyl groups is 1. The number of amides is 2. The monoisotopic (exact) mass is 671 g/mol. The number of nitrogens with zero attached hydrogens (tertiary/aromatic N) is 2. The zero-order valence-electron chi connectivity index (χ0n) is 29.7. The Bertz CT molecular complexity index is 2060. The number of phenols is 1. The molecule has 260 valence electrons. The summed E-state index contributed by atoms with van der Waals surface area (Å²) in [5.41, 5.74) is 7.36. The molecule has 7 nitrogen and oxygen atoms in total. The van der Waals surface area contributed by atoms with Gasteiger partial charge in [0.25, 0.3) is 5.91 Å². The number of aromatic nitrogens is 1. The topological polar surface area (TPSA) is 91.6 Å². The maximum Gasteiger partial charge on any atom is 0.251 e. The lowest BCUT2D eigenvalue weighted by Crippen LogP contribution is -2.47. The molecule has 50 heavy (non-hydrogen) atoms. The first kappa shape index (κ1) is 30.9. The second-order valence-electron chi connectivity index (χ2n) is 17.4. The lowest BCUT2D eigenvalue weighted by atomic mass is 9.63. The first-order chi connectivity index (χ1) is 24.1. The molecule has 10 rings (SSSR count). The van der Waals surface area contributed by atoms with Crippen LogP contribution < -0.4 is 5.32 Å². The summed E-state index contributed by atoms with van der Waals surface area (Å²) in [5.74, 6) is 1.18. The lowest BCUT2D eigenvalue weighted by molar-refractivity contribution is -0.137. The third-order valence-electron chi connectivity index (χ3n) is 15.5. The second kappa shape index (κ2) is 10.1. The fourth-order valence-electron chi connectivity index (χ4n) is 13.1. The van der Waals surface area contributed by atoms with Crippen LogP contribution in [0.15, 0.2) is 42.5 Å². The maximum atomic E-state index is 15.1. The molecule has 2 N–H and O–H groups in total. The van der Waals surface area contributed by atoms with Crippen molar-refractivity contribution in [3.63, 3.8) is 0 Å². The zero-order valence-corrected chi connectivity index (χ0v) is 29.7. The van der Waals surface area contributed by atoms with Crippen molar-refractivity contribution in [2.75, 3.05) is 19.6 Å². The summed E-state index contributed by atoms with van der Waals surface area (Å²) < 4.78 is 2.35. The number of hydrogen-bond donors (Lipinski definition) is 2. The van der Waals surface area contributed by atoms with E-state index in [1.165, 1.54) is 50.5 Å². The molecule has 6 atom stereocenters. The Hall–Kier alpha value is -3.87. The molecule has 7 heteroatoms. The van der Waals surface area contributed by atoms with Crippen molar-refractivity contribution >= 4 is 34.1 Å². The fourth-order valence-corrected chi connectivity index (χ4v) is 13.1. The molecule has 1 saturated heterocycles. The van der Waals surface area contributed by atoms with Gasteiger partial charge in [-0.3, -0.25) is 14.4 Å². The smallest absolute Gasteiger partial charge is 0.251 e. The number of nitrogens with one attached hydrogen (secondary N) is 1. The maximum absolute atomic E-state index is 15.1. The van der Waals surface area contributed by atoms with Crippen molar-refractivity contribution in [3.8, 4) is 17.0 Å². The summed E-state index contributed by atoms with van der Waals surface area (Å²) in [4.78, 5) is 43.5. The van der Waals surface area contributed by atoms with Crippen LogP contribution in [-0.4, -0.2) is 51.8 Å². The van der Waals surface area contributed by atoms with Crippen molar-refractivity contribution in [1.82, 2.24) is 14.8 Å². The van der Waals surface area contributed by atoms with Crippen LogP contribution in [0.4, 0.5) is 0 Å². The van der Waals surface area contributed by atoms with Crippen molar-refractivity contribution in [1.29, 1.82) is 0 Å². The first-order valence-electron chi connectivity index (χ1n) is 19.4. The van der Waals surface area contributed by atoms with Crippen molar-refractivity contribution < 1.29 is 19.5 Å². The highest BCUT2D eigenvalue weighted by molar-refractivity contribution is 6.12. The number of likely N-dealkylation sites (tertiary alicyclic amines) is 1. The summed E-state index contributed by atoms with van der Waals surface area (Å²) in [6.45, 7) is 8.59. The molecule has 5 fully saturated rings. The van der Waals surface area contributed by atoms with Crippen LogP contribution in [0.3, 0.4) is 0 Å². The molecule has 6 unspecified atom stereocenters. The molecule has 4 saturated carbocycles. The predicted octanol–water partition coefficient (Wildman–Crippen LogP) is 7.84. The van der Waals surface area contributed by atoms with E-state index in [2.05, 4.69) is 33.8 Å². The summed E-state index contributed by atoms with van der Waals surface area (Å²) in [7, 11) is 0. The highest BCUT2D eigenvalue weighted by Gasteiger charge is 2.96. The standard InChI is InChI=1S/C43H49N3O4/c1-4-25(2)35(48)21-44-38(49)28-11-13-31-34(17-28)46-22-40(39(50)45-23-42-16-8-15-41(42)19-26(3)43(41,42)24-45)20-33(40)32-18-29(47)12-14-30(32)37(46)36(31)27-9-6-5-7-10-27/h11-14,17-18,20,25-27,47H,4-10,15-16,19,21-24H2,1-3H3,(H,44,49). The van der Waals surface area contributed by atoms with Gasteiger partial charge < -0.3 is 19.9 Å². The first-order valence-corrected chi connectivity index (χ1v) is 19.4. The van der Waals surface area contributed by atoms with E-state index in [4.69, 9.17) is 0 Å². The number of carbonyl (C=O) groups is 3. The van der Waals surface area contributed by atoms with Crippen LogP contribution in [0.25, 0.3) is 27.7 Å². The highest BCUT2D eigenvalue weighted by Crippen LogP contribution is 2.98. The number of rotatable bonds is 7. The molecule has 3 spiro atoms. The van der Waals surface area contributed by atoms with Gasteiger partial charge in [0, 0.05) is 58.4 Å². The van der Waals surface area contributed by atoms with Gasteiger partial charge >= 0.3 is 0 Å². The molecule has 7 aliphatic rings. The molecule has 0 bridgehead atoms. The Labute approximate surface area is 294 Å². The van der Waals surface area contributed by atoms with Gasteiger partial charge in [0.15, 0.2) is 5.78 Å². The number of ketones is 1. The molecule has 0 radical (unpaired) electrons. The molecule has 2 amide bonds. The fraction of sp³-hybridized carbons (Fsp3) is 0.558. The molecule has 1 aromatic heterocycles. The van der Waals surface area contributed by atoms with Crippen molar-refractivity contribution in [2.24, 2.45) is 33.5 Å². The number of piperidine rings is 1. The number of Topliss-reactive ketones (excluding diaryl/α,β-unsaturated/α-hetero) is 1. The third kappa shape index (κ3) is 3.59. The average Bonchev–Trinajstić information content (AvgIpc) is 3.62. The van der Waals surface area contributed by atoms with Crippen LogP contribution in [0, 0.1) is 33.5 Å².